The highest BCUT2D eigenvalue weighted by Crippen LogP contribution is 2.35. The number of halogens is 1. The molecule has 0 saturated heterocycles. The first-order valence-corrected chi connectivity index (χ1v) is 8.80. The monoisotopic (exact) mass is 332 g/mol. The molecule has 3 aliphatic rings. The van der Waals surface area contributed by atoms with Gasteiger partial charge in [0.1, 0.15) is 11.3 Å². The average Bonchev–Trinajstić information content (AvgIpc) is 3.16. The fourth-order valence-electron chi connectivity index (χ4n) is 2.86. The molecule has 1 aromatic heterocycles. The van der Waals surface area contributed by atoms with Gasteiger partial charge in [-0.15, -0.1) is 0 Å². The van der Waals surface area contributed by atoms with Crippen molar-refractivity contribution in [1.29, 1.82) is 0 Å². The van der Waals surface area contributed by atoms with Crippen molar-refractivity contribution in [3.05, 3.63) is 45.9 Å². The molecule has 3 unspecified atom stereocenters. The van der Waals surface area contributed by atoms with Crippen LogP contribution in [-0.4, -0.2) is 28.6 Å². The summed E-state index contributed by atoms with van der Waals surface area (Å²) in [6, 6.07) is 2.38. The lowest BCUT2D eigenvalue weighted by Crippen LogP contribution is -2.46. The Morgan fingerprint density at radius 1 is 1.36 bits per heavy atom. The Morgan fingerprint density at radius 2 is 2.23 bits per heavy atom. The van der Waals surface area contributed by atoms with Crippen LogP contribution in [0.25, 0.3) is 0 Å². The molecule has 114 valence electrons. The molecule has 0 aromatic carbocycles. The van der Waals surface area contributed by atoms with Gasteiger partial charge in [0, 0.05) is 17.7 Å². The topological polar surface area (TPSA) is 40.0 Å². The summed E-state index contributed by atoms with van der Waals surface area (Å²) in [5.74, 6) is 2.38. The minimum absolute atomic E-state index is 0.104. The summed E-state index contributed by atoms with van der Waals surface area (Å²) in [7, 11) is 0. The van der Waals surface area contributed by atoms with Gasteiger partial charge in [0.05, 0.1) is 6.04 Å². The Morgan fingerprint density at radius 3 is 2.95 bits per heavy atom. The predicted octanol–water partition coefficient (Wildman–Crippen LogP) is 3.51. The van der Waals surface area contributed by atoms with E-state index in [1.807, 2.05) is 11.2 Å². The Bertz CT molecular complexity index is 702. The smallest absolute Gasteiger partial charge is 0.154 e. The minimum Gasteiger partial charge on any atom is -0.246 e. The van der Waals surface area contributed by atoms with Crippen molar-refractivity contribution in [2.45, 2.75) is 31.3 Å². The molecule has 0 spiro atoms. The van der Waals surface area contributed by atoms with Crippen LogP contribution in [0, 0.1) is 5.92 Å². The second kappa shape index (κ2) is 5.33. The quantitative estimate of drug-likeness (QED) is 0.665. The molecule has 0 amide bonds. The number of hydrogen-bond acceptors (Lipinski definition) is 5. The lowest BCUT2D eigenvalue weighted by atomic mass is 9.96. The second-order valence-corrected chi connectivity index (χ2v) is 7.27. The number of aliphatic imine (C=N–C) groups is 2. The maximum atomic E-state index is 6.54. The van der Waals surface area contributed by atoms with Crippen molar-refractivity contribution >= 4 is 35.0 Å². The van der Waals surface area contributed by atoms with Gasteiger partial charge >= 0.3 is 0 Å². The molecule has 0 aliphatic carbocycles. The summed E-state index contributed by atoms with van der Waals surface area (Å²) < 4.78 is 0. The minimum atomic E-state index is -0.291. The second-order valence-electron chi connectivity index (χ2n) is 6.05. The van der Waals surface area contributed by atoms with Gasteiger partial charge < -0.3 is 0 Å². The van der Waals surface area contributed by atoms with Gasteiger partial charge in [0.25, 0.3) is 0 Å². The van der Waals surface area contributed by atoms with Crippen LogP contribution in [0.2, 0.25) is 0 Å². The van der Waals surface area contributed by atoms with Crippen molar-refractivity contribution < 1.29 is 0 Å². The highest BCUT2D eigenvalue weighted by atomic mass is 35.5. The van der Waals surface area contributed by atoms with E-state index in [0.29, 0.717) is 5.92 Å². The van der Waals surface area contributed by atoms with Crippen LogP contribution in [0.1, 0.15) is 25.3 Å². The van der Waals surface area contributed by atoms with Crippen LogP contribution in [0.15, 0.2) is 50.4 Å². The summed E-state index contributed by atoms with van der Waals surface area (Å²) in [6.07, 6.45) is 6.22. The maximum Gasteiger partial charge on any atom is 0.154 e. The molecule has 4 heterocycles. The fourth-order valence-corrected chi connectivity index (χ4v) is 3.88. The van der Waals surface area contributed by atoms with Gasteiger partial charge in [0.15, 0.2) is 5.84 Å². The standard InChI is InChI=1S/C16H17ClN4S/c1-9(2)13-6-14-18-7-11-5-12(10-3-4-22-8-10)15(17)19-16(11)21(14)20-13/h3-9,12-13,15,20H,1-2H3. The van der Waals surface area contributed by atoms with E-state index < -0.39 is 0 Å². The van der Waals surface area contributed by atoms with E-state index in [9.17, 15) is 0 Å². The number of dihydropyridines is 1. The highest BCUT2D eigenvalue weighted by Gasteiger charge is 2.36. The number of rotatable bonds is 2. The first-order chi connectivity index (χ1) is 10.6. The van der Waals surface area contributed by atoms with Crippen LogP contribution in [0.3, 0.4) is 0 Å². The number of alkyl halides is 1. The van der Waals surface area contributed by atoms with E-state index in [-0.39, 0.29) is 17.5 Å². The third-order valence-electron chi connectivity index (χ3n) is 4.19. The number of nitrogens with one attached hydrogen (secondary N) is 1. The van der Waals surface area contributed by atoms with E-state index in [2.05, 4.69) is 53.2 Å². The number of hydrazine groups is 1. The summed E-state index contributed by atoms with van der Waals surface area (Å²) in [5, 5.41) is 6.17. The number of thiophene rings is 1. The van der Waals surface area contributed by atoms with Gasteiger partial charge in [-0.3, -0.25) is 0 Å². The largest absolute Gasteiger partial charge is 0.246 e. The Balaban J connectivity index is 1.68. The van der Waals surface area contributed by atoms with Gasteiger partial charge in [-0.25, -0.2) is 20.4 Å². The first-order valence-electron chi connectivity index (χ1n) is 7.42. The zero-order valence-corrected chi connectivity index (χ0v) is 14.0. The van der Waals surface area contributed by atoms with Crippen molar-refractivity contribution in [2.75, 3.05) is 0 Å². The molecule has 6 heteroatoms. The average molecular weight is 333 g/mol. The van der Waals surface area contributed by atoms with Crippen LogP contribution >= 0.6 is 22.9 Å². The third kappa shape index (κ3) is 2.24. The molecule has 0 radical (unpaired) electrons. The molecule has 1 aromatic rings. The zero-order valence-electron chi connectivity index (χ0n) is 12.4. The highest BCUT2D eigenvalue weighted by molar-refractivity contribution is 7.08. The SMILES string of the molecule is CC(C)C1C=C2N=CC3=CC(c4ccsc4)C(Cl)N=C3N2N1. The summed E-state index contributed by atoms with van der Waals surface area (Å²) in [5.41, 5.74) is 5.41. The Kier molecular flexibility index (Phi) is 3.44. The van der Waals surface area contributed by atoms with Gasteiger partial charge in [-0.05, 0) is 34.4 Å². The zero-order chi connectivity index (χ0) is 15.3. The van der Waals surface area contributed by atoms with Crippen molar-refractivity contribution in [1.82, 2.24) is 10.4 Å². The van der Waals surface area contributed by atoms with Crippen molar-refractivity contribution in [2.24, 2.45) is 15.9 Å². The van der Waals surface area contributed by atoms with Gasteiger partial charge in [-0.1, -0.05) is 31.5 Å². The predicted molar refractivity (Wildman–Crippen MR) is 92.4 cm³/mol. The van der Waals surface area contributed by atoms with Crippen LogP contribution < -0.4 is 5.43 Å². The normalized spacial score (nSPS) is 29.9. The summed E-state index contributed by atoms with van der Waals surface area (Å²) in [4.78, 5) is 9.29. The van der Waals surface area contributed by atoms with Gasteiger partial charge in [-0.2, -0.15) is 11.3 Å². The Labute approximate surface area is 138 Å². The van der Waals surface area contributed by atoms with E-state index >= 15 is 0 Å². The molecular formula is C16H17ClN4S. The van der Waals surface area contributed by atoms with E-state index in [1.165, 1.54) is 5.56 Å². The summed E-state index contributed by atoms with van der Waals surface area (Å²) >= 11 is 8.22. The first kappa shape index (κ1) is 14.2. The van der Waals surface area contributed by atoms with E-state index in [4.69, 9.17) is 16.6 Å². The van der Waals surface area contributed by atoms with Crippen molar-refractivity contribution in [3.63, 3.8) is 0 Å². The molecule has 3 aliphatic heterocycles. The van der Waals surface area contributed by atoms with Crippen LogP contribution in [-0.2, 0) is 0 Å². The number of hydrogen-bond donors (Lipinski definition) is 1. The van der Waals surface area contributed by atoms with Crippen LogP contribution in [0.4, 0.5) is 0 Å². The summed E-state index contributed by atoms with van der Waals surface area (Å²) in [6.45, 7) is 4.38. The molecule has 0 fully saturated rings. The number of nitrogens with zero attached hydrogens (tertiary/aromatic N) is 3. The number of amidine groups is 1. The maximum absolute atomic E-state index is 6.54. The number of fused-ring (bicyclic) bond motifs is 3. The molecule has 0 saturated carbocycles. The molecule has 1 N–H and O–H groups in total. The van der Waals surface area contributed by atoms with E-state index in [0.717, 1.165) is 17.2 Å². The molecule has 22 heavy (non-hydrogen) atoms. The van der Waals surface area contributed by atoms with Crippen molar-refractivity contribution in [3.8, 4) is 0 Å². The molecule has 4 nitrogen and oxygen atoms in total. The lowest BCUT2D eigenvalue weighted by Gasteiger charge is -2.32. The molecule has 4 rings (SSSR count). The molecule has 3 atom stereocenters. The fraction of sp³-hybridized carbons (Fsp3) is 0.375. The lowest BCUT2D eigenvalue weighted by molar-refractivity contribution is 0.333. The van der Waals surface area contributed by atoms with Gasteiger partial charge in [0.2, 0.25) is 0 Å². The van der Waals surface area contributed by atoms with E-state index in [1.54, 1.807) is 11.3 Å². The molecular weight excluding hydrogens is 316 g/mol. The third-order valence-corrected chi connectivity index (χ3v) is 5.26. The molecule has 0 bridgehead atoms. The van der Waals surface area contributed by atoms with Crippen LogP contribution in [0.5, 0.6) is 0 Å². The Hall–Kier alpha value is -1.43.